The van der Waals surface area contributed by atoms with Crippen LogP contribution in [-0.4, -0.2) is 45.9 Å². The molecule has 1 aromatic carbocycles. The lowest BCUT2D eigenvalue weighted by molar-refractivity contribution is -0.384. The second kappa shape index (κ2) is 7.68. The molecular formula is C16H24N4O2S. The van der Waals surface area contributed by atoms with Gasteiger partial charge in [0.1, 0.15) is 0 Å². The van der Waals surface area contributed by atoms with Gasteiger partial charge in [0.15, 0.2) is 5.96 Å². The number of guanidine groups is 1. The van der Waals surface area contributed by atoms with Crippen LogP contribution in [0.15, 0.2) is 29.3 Å². The van der Waals surface area contributed by atoms with E-state index in [1.54, 1.807) is 12.1 Å². The van der Waals surface area contributed by atoms with Crippen LogP contribution in [0.4, 0.5) is 5.69 Å². The first-order chi connectivity index (χ1) is 10.9. The van der Waals surface area contributed by atoms with Crippen molar-refractivity contribution in [2.24, 2.45) is 4.99 Å². The molecule has 1 saturated heterocycles. The Morgan fingerprint density at radius 3 is 2.70 bits per heavy atom. The number of hydrogen-bond acceptors (Lipinski definition) is 4. The van der Waals surface area contributed by atoms with E-state index in [1.165, 1.54) is 12.1 Å². The van der Waals surface area contributed by atoms with E-state index < -0.39 is 0 Å². The van der Waals surface area contributed by atoms with Gasteiger partial charge in [0.05, 0.1) is 11.5 Å². The second-order valence-corrected chi connectivity index (χ2v) is 7.93. The summed E-state index contributed by atoms with van der Waals surface area (Å²) in [6.45, 7) is 9.86. The van der Waals surface area contributed by atoms with Crippen LogP contribution in [0.3, 0.4) is 0 Å². The Hall–Kier alpha value is -1.76. The maximum absolute atomic E-state index is 10.7. The second-order valence-electron chi connectivity index (χ2n) is 6.12. The van der Waals surface area contributed by atoms with Gasteiger partial charge in [-0.3, -0.25) is 10.1 Å². The van der Waals surface area contributed by atoms with Crippen LogP contribution in [-0.2, 0) is 6.54 Å². The van der Waals surface area contributed by atoms with Crippen molar-refractivity contribution in [3.05, 3.63) is 39.9 Å². The van der Waals surface area contributed by atoms with Gasteiger partial charge in [0, 0.05) is 42.3 Å². The van der Waals surface area contributed by atoms with E-state index in [9.17, 15) is 10.1 Å². The summed E-state index contributed by atoms with van der Waals surface area (Å²) in [7, 11) is 0. The Labute approximate surface area is 141 Å². The van der Waals surface area contributed by atoms with Crippen LogP contribution < -0.4 is 5.32 Å². The van der Waals surface area contributed by atoms with Gasteiger partial charge < -0.3 is 10.2 Å². The average Bonchev–Trinajstić information content (AvgIpc) is 2.50. The van der Waals surface area contributed by atoms with Crippen molar-refractivity contribution in [2.45, 2.75) is 32.1 Å². The van der Waals surface area contributed by atoms with E-state index in [4.69, 9.17) is 4.99 Å². The minimum absolute atomic E-state index is 0.111. The number of nitrogens with one attached hydrogen (secondary N) is 1. The monoisotopic (exact) mass is 336 g/mol. The van der Waals surface area contributed by atoms with Gasteiger partial charge in [0.25, 0.3) is 5.69 Å². The smallest absolute Gasteiger partial charge is 0.269 e. The molecule has 1 aliphatic heterocycles. The number of non-ortho nitro benzene ring substituents is 1. The highest BCUT2D eigenvalue weighted by Crippen LogP contribution is 2.29. The molecule has 0 saturated carbocycles. The molecule has 6 nitrogen and oxygen atoms in total. The van der Waals surface area contributed by atoms with E-state index in [0.717, 1.165) is 36.9 Å². The predicted molar refractivity (Wildman–Crippen MR) is 96.0 cm³/mol. The Balaban J connectivity index is 2.07. The molecule has 0 amide bonds. The fraction of sp³-hybridized carbons (Fsp3) is 0.562. The van der Waals surface area contributed by atoms with Gasteiger partial charge in [-0.2, -0.15) is 11.8 Å². The Morgan fingerprint density at radius 2 is 2.13 bits per heavy atom. The van der Waals surface area contributed by atoms with Gasteiger partial charge in [0.2, 0.25) is 0 Å². The van der Waals surface area contributed by atoms with Gasteiger partial charge in [-0.15, -0.1) is 0 Å². The highest BCUT2D eigenvalue weighted by atomic mass is 32.2. The third kappa shape index (κ3) is 5.13. The third-order valence-corrected chi connectivity index (χ3v) is 4.92. The molecule has 1 aromatic rings. The summed E-state index contributed by atoms with van der Waals surface area (Å²) in [4.78, 5) is 17.3. The lowest BCUT2D eigenvalue weighted by Crippen LogP contribution is -2.50. The molecular weight excluding hydrogens is 312 g/mol. The third-order valence-electron chi connectivity index (χ3n) is 3.62. The highest BCUT2D eigenvalue weighted by Gasteiger charge is 2.28. The normalized spacial score (nSPS) is 17.9. The van der Waals surface area contributed by atoms with Gasteiger partial charge in [-0.05, 0) is 26.3 Å². The Kier molecular flexibility index (Phi) is 5.87. The molecule has 0 aromatic heterocycles. The molecule has 0 bridgehead atoms. The zero-order valence-electron chi connectivity index (χ0n) is 13.9. The van der Waals surface area contributed by atoms with Gasteiger partial charge in [-0.1, -0.05) is 12.1 Å². The Bertz CT molecular complexity index is 572. The summed E-state index contributed by atoms with van der Waals surface area (Å²) < 4.78 is 0.224. The molecule has 23 heavy (non-hydrogen) atoms. The van der Waals surface area contributed by atoms with E-state index in [2.05, 4.69) is 31.0 Å². The summed E-state index contributed by atoms with van der Waals surface area (Å²) in [6, 6.07) is 6.58. The average molecular weight is 336 g/mol. The van der Waals surface area contributed by atoms with Crippen LogP contribution >= 0.6 is 11.8 Å². The summed E-state index contributed by atoms with van der Waals surface area (Å²) >= 11 is 1.99. The standard InChI is InChI=1S/C16H24N4O2S/c1-4-17-15(19-9-10-23-16(2,3)12-19)18-11-13-5-7-14(8-6-13)20(21)22/h5-8H,4,9-12H2,1-3H3,(H,17,18). The topological polar surface area (TPSA) is 70.8 Å². The predicted octanol–water partition coefficient (Wildman–Crippen LogP) is 2.89. The molecule has 0 aliphatic carbocycles. The van der Waals surface area contributed by atoms with Crippen molar-refractivity contribution in [1.82, 2.24) is 10.2 Å². The van der Waals surface area contributed by atoms with Crippen LogP contribution in [0.25, 0.3) is 0 Å². The molecule has 2 rings (SSSR count). The number of thioether (sulfide) groups is 1. The van der Waals surface area contributed by atoms with Crippen molar-refractivity contribution < 1.29 is 4.92 Å². The van der Waals surface area contributed by atoms with E-state index >= 15 is 0 Å². The minimum atomic E-state index is -0.384. The SMILES string of the molecule is CCNC(=NCc1ccc([N+](=O)[O-])cc1)N1CCSC(C)(C)C1. The van der Waals surface area contributed by atoms with Gasteiger partial charge in [-0.25, -0.2) is 4.99 Å². The molecule has 1 aliphatic rings. The van der Waals surface area contributed by atoms with Crippen LogP contribution in [0.5, 0.6) is 0 Å². The summed E-state index contributed by atoms with van der Waals surface area (Å²) in [5.41, 5.74) is 1.08. The first-order valence-corrected chi connectivity index (χ1v) is 8.80. The van der Waals surface area contributed by atoms with Crippen molar-refractivity contribution in [3.63, 3.8) is 0 Å². The maximum Gasteiger partial charge on any atom is 0.269 e. The van der Waals surface area contributed by atoms with Gasteiger partial charge >= 0.3 is 0 Å². The van der Waals surface area contributed by atoms with Crippen molar-refractivity contribution in [2.75, 3.05) is 25.4 Å². The number of nitrogens with zero attached hydrogens (tertiary/aromatic N) is 3. The minimum Gasteiger partial charge on any atom is -0.357 e. The quantitative estimate of drug-likeness (QED) is 0.396. The van der Waals surface area contributed by atoms with Crippen molar-refractivity contribution >= 4 is 23.4 Å². The number of hydrogen-bond donors (Lipinski definition) is 1. The molecule has 7 heteroatoms. The highest BCUT2D eigenvalue weighted by molar-refractivity contribution is 8.00. The number of nitro groups is 1. The van der Waals surface area contributed by atoms with Crippen molar-refractivity contribution in [1.29, 1.82) is 0 Å². The molecule has 126 valence electrons. The fourth-order valence-electron chi connectivity index (χ4n) is 2.51. The lowest BCUT2D eigenvalue weighted by atomic mass is 10.2. The zero-order valence-corrected chi connectivity index (χ0v) is 14.7. The van der Waals surface area contributed by atoms with E-state index in [1.807, 2.05) is 11.8 Å². The molecule has 1 fully saturated rings. The van der Waals surface area contributed by atoms with Crippen molar-refractivity contribution in [3.8, 4) is 0 Å². The van der Waals surface area contributed by atoms with Crippen LogP contribution in [0, 0.1) is 10.1 Å². The fourth-order valence-corrected chi connectivity index (χ4v) is 3.62. The number of benzene rings is 1. The number of aliphatic imine (C=N–C) groups is 1. The molecule has 0 radical (unpaired) electrons. The zero-order chi connectivity index (χ0) is 16.9. The summed E-state index contributed by atoms with van der Waals surface area (Å²) in [5.74, 6) is 2.01. The molecule has 1 heterocycles. The maximum atomic E-state index is 10.7. The first kappa shape index (κ1) is 17.6. The van der Waals surface area contributed by atoms with Crippen LogP contribution in [0.1, 0.15) is 26.3 Å². The van der Waals surface area contributed by atoms with E-state index in [0.29, 0.717) is 6.54 Å². The van der Waals surface area contributed by atoms with Crippen LogP contribution in [0.2, 0.25) is 0 Å². The lowest BCUT2D eigenvalue weighted by Gasteiger charge is -2.39. The summed E-state index contributed by atoms with van der Waals surface area (Å²) in [5, 5.41) is 14.0. The number of rotatable bonds is 4. The Morgan fingerprint density at radius 1 is 1.43 bits per heavy atom. The number of nitro benzene ring substituents is 1. The molecule has 0 spiro atoms. The molecule has 1 N–H and O–H groups in total. The summed E-state index contributed by atoms with van der Waals surface area (Å²) in [6.07, 6.45) is 0. The van der Waals surface area contributed by atoms with E-state index in [-0.39, 0.29) is 15.4 Å². The first-order valence-electron chi connectivity index (χ1n) is 7.82. The molecule has 0 atom stereocenters. The molecule has 0 unspecified atom stereocenters. The largest absolute Gasteiger partial charge is 0.357 e.